The number of Topliss-reactive ketones (excluding diaryl/α,β-unsaturated/α-hetero) is 1. The molecular formula is C31H33ClF3NO8S. The molecular weight excluding hydrogens is 639 g/mol. The van der Waals surface area contributed by atoms with Gasteiger partial charge < -0.3 is 24.6 Å². The summed E-state index contributed by atoms with van der Waals surface area (Å²) in [6, 6.07) is 4.80. The van der Waals surface area contributed by atoms with Crippen LogP contribution in [0.25, 0.3) is 0 Å². The molecule has 2 saturated carbocycles. The second-order valence-corrected chi connectivity index (χ2v) is 15.4. The molecule has 45 heavy (non-hydrogen) atoms. The van der Waals surface area contributed by atoms with E-state index < -0.39 is 62.0 Å². The summed E-state index contributed by atoms with van der Waals surface area (Å²) >= 11 is 6.30. The van der Waals surface area contributed by atoms with Crippen molar-refractivity contribution in [2.75, 3.05) is 11.9 Å². The summed E-state index contributed by atoms with van der Waals surface area (Å²) in [5.74, 6) is -7.32. The van der Waals surface area contributed by atoms with Gasteiger partial charge in [0.15, 0.2) is 38.9 Å². The molecule has 2 aromatic rings. The van der Waals surface area contributed by atoms with Crippen LogP contribution >= 0.6 is 11.6 Å². The van der Waals surface area contributed by atoms with Crippen LogP contribution < -0.4 is 5.32 Å². The number of ether oxygens (including phenoxy) is 3. The SMILES string of the molecule is CC1(C)OC2CO[C@H](C(=O)CCC3(O)C4CC[C@H]3CC(S(=O)(=O)c3cc(C(=O)Nc5cc(F)c(F)c(F)c5)ccc3Cl)C4)[C@H]2O1. The summed E-state index contributed by atoms with van der Waals surface area (Å²) in [5, 5.41) is 13.0. The van der Waals surface area contributed by atoms with Crippen molar-refractivity contribution in [1.82, 2.24) is 0 Å². The molecule has 2 bridgehead atoms. The fraction of sp³-hybridized carbons (Fsp3) is 0.548. The zero-order valence-electron chi connectivity index (χ0n) is 24.5. The molecule has 2 heterocycles. The first-order chi connectivity index (χ1) is 21.1. The van der Waals surface area contributed by atoms with E-state index in [4.69, 9.17) is 25.8 Å². The van der Waals surface area contributed by atoms with Gasteiger partial charge in [0.1, 0.15) is 18.3 Å². The number of aliphatic hydroxyl groups is 1. The average molecular weight is 672 g/mol. The Bertz CT molecular complexity index is 1620. The Kier molecular flexibility index (Phi) is 8.35. The molecule has 2 aliphatic carbocycles. The number of amides is 1. The molecule has 244 valence electrons. The maximum atomic E-state index is 13.9. The first-order valence-corrected chi connectivity index (χ1v) is 16.7. The molecule has 2 aliphatic heterocycles. The first-order valence-electron chi connectivity index (χ1n) is 14.8. The van der Waals surface area contributed by atoms with Crippen LogP contribution in [0.2, 0.25) is 5.02 Å². The van der Waals surface area contributed by atoms with Crippen LogP contribution in [0.1, 0.15) is 62.7 Å². The van der Waals surface area contributed by atoms with E-state index in [1.54, 1.807) is 13.8 Å². The van der Waals surface area contributed by atoms with Gasteiger partial charge in [0.05, 0.1) is 27.4 Å². The van der Waals surface area contributed by atoms with Gasteiger partial charge in [0.25, 0.3) is 5.91 Å². The fourth-order valence-corrected chi connectivity index (χ4v) is 9.83. The van der Waals surface area contributed by atoms with Crippen LogP contribution in [0.4, 0.5) is 18.9 Å². The number of anilines is 1. The maximum Gasteiger partial charge on any atom is 0.255 e. The lowest BCUT2D eigenvalue weighted by molar-refractivity contribution is -0.178. The number of ketones is 1. The molecule has 4 fully saturated rings. The lowest BCUT2D eigenvalue weighted by atomic mass is 9.71. The van der Waals surface area contributed by atoms with E-state index >= 15 is 0 Å². The Balaban J connectivity index is 1.13. The number of benzene rings is 2. The topological polar surface area (TPSA) is 128 Å². The Morgan fingerprint density at radius 1 is 1.04 bits per heavy atom. The van der Waals surface area contributed by atoms with Crippen molar-refractivity contribution >= 4 is 38.8 Å². The molecule has 0 radical (unpaired) electrons. The molecule has 1 amide bonds. The van der Waals surface area contributed by atoms with Crippen molar-refractivity contribution in [2.24, 2.45) is 11.8 Å². The van der Waals surface area contributed by atoms with E-state index in [0.29, 0.717) is 25.0 Å². The van der Waals surface area contributed by atoms with E-state index in [1.807, 2.05) is 0 Å². The third kappa shape index (κ3) is 5.91. The summed E-state index contributed by atoms with van der Waals surface area (Å²) in [6.45, 7) is 3.79. The molecule has 7 atom stereocenters. The number of fused-ring (bicyclic) bond motifs is 3. The summed E-state index contributed by atoms with van der Waals surface area (Å²) in [6.07, 6.45) is 0.0400. The van der Waals surface area contributed by atoms with Crippen LogP contribution in [0.3, 0.4) is 0 Å². The molecule has 0 spiro atoms. The highest BCUT2D eigenvalue weighted by molar-refractivity contribution is 7.92. The smallest absolute Gasteiger partial charge is 0.255 e. The zero-order chi connectivity index (χ0) is 32.5. The summed E-state index contributed by atoms with van der Waals surface area (Å²) in [4.78, 5) is 25.7. The molecule has 2 saturated heterocycles. The van der Waals surface area contributed by atoms with Gasteiger partial charge in [-0.2, -0.15) is 0 Å². The standard InChI is InChI=1S/C31H33ClF3NO8S/c1-30(2)43-24-14-42-27(28(24)44-30)23(37)7-8-31(39)16-4-5-17(31)11-19(10-16)45(40,41)25-9-15(3-6-20(25)32)29(38)36-18-12-21(33)26(35)22(34)13-18/h3,6,9,12-13,16-17,19,24,27-28,39H,4-5,7-8,10-11,14H2,1-2H3,(H,36,38)/t16-,17?,19?,24?,27+,28-,31?/m0/s1. The molecule has 6 rings (SSSR count). The number of hydrogen-bond donors (Lipinski definition) is 2. The van der Waals surface area contributed by atoms with Gasteiger partial charge in [-0.3, -0.25) is 9.59 Å². The largest absolute Gasteiger partial charge is 0.389 e. The minimum absolute atomic E-state index is 0.0451. The van der Waals surface area contributed by atoms with Crippen LogP contribution in [0.5, 0.6) is 0 Å². The van der Waals surface area contributed by atoms with Crippen molar-refractivity contribution in [3.05, 3.63) is 58.4 Å². The number of halogens is 4. The molecule has 14 heteroatoms. The van der Waals surface area contributed by atoms with Crippen molar-refractivity contribution in [3.63, 3.8) is 0 Å². The summed E-state index contributed by atoms with van der Waals surface area (Å²) in [7, 11) is -4.09. The Morgan fingerprint density at radius 3 is 2.33 bits per heavy atom. The van der Waals surface area contributed by atoms with Crippen LogP contribution in [0.15, 0.2) is 35.2 Å². The number of sulfone groups is 1. The number of rotatable bonds is 8. The third-order valence-electron chi connectivity index (χ3n) is 9.60. The second-order valence-electron chi connectivity index (χ2n) is 12.8. The predicted molar refractivity (Wildman–Crippen MR) is 155 cm³/mol. The van der Waals surface area contributed by atoms with E-state index in [1.165, 1.54) is 12.1 Å². The lowest BCUT2D eigenvalue weighted by Crippen LogP contribution is -2.48. The first kappa shape index (κ1) is 32.4. The van der Waals surface area contributed by atoms with Gasteiger partial charge in [-0.25, -0.2) is 21.6 Å². The highest BCUT2D eigenvalue weighted by Gasteiger charge is 2.57. The predicted octanol–water partition coefficient (Wildman–Crippen LogP) is 4.97. The molecule has 2 N–H and O–H groups in total. The van der Waals surface area contributed by atoms with Gasteiger partial charge in [0.2, 0.25) is 0 Å². The van der Waals surface area contributed by atoms with E-state index in [9.17, 15) is 36.3 Å². The highest BCUT2D eigenvalue weighted by Crippen LogP contribution is 2.54. The Labute approximate surface area is 263 Å². The number of carbonyl (C=O) groups is 2. The normalized spacial score (nSPS) is 32.0. The van der Waals surface area contributed by atoms with E-state index in [2.05, 4.69) is 5.32 Å². The van der Waals surface area contributed by atoms with Crippen molar-refractivity contribution in [1.29, 1.82) is 0 Å². The lowest BCUT2D eigenvalue weighted by Gasteiger charge is -2.42. The minimum Gasteiger partial charge on any atom is -0.389 e. The number of nitrogens with one attached hydrogen (secondary N) is 1. The van der Waals surface area contributed by atoms with Gasteiger partial charge >= 0.3 is 0 Å². The van der Waals surface area contributed by atoms with Crippen molar-refractivity contribution < 1.29 is 50.5 Å². The Hall–Kier alpha value is -2.55. The fourth-order valence-electron chi connectivity index (χ4n) is 7.43. The summed E-state index contributed by atoms with van der Waals surface area (Å²) in [5.41, 5.74) is -1.73. The minimum atomic E-state index is -4.09. The molecule has 0 aromatic heterocycles. The van der Waals surface area contributed by atoms with E-state index in [0.717, 1.165) is 6.07 Å². The third-order valence-corrected chi connectivity index (χ3v) is 12.3. The zero-order valence-corrected chi connectivity index (χ0v) is 26.1. The maximum absolute atomic E-state index is 13.9. The van der Waals surface area contributed by atoms with Crippen LogP contribution in [-0.2, 0) is 28.8 Å². The monoisotopic (exact) mass is 671 g/mol. The van der Waals surface area contributed by atoms with Gasteiger partial charge in [-0.15, -0.1) is 0 Å². The van der Waals surface area contributed by atoms with Gasteiger partial charge in [-0.1, -0.05) is 11.6 Å². The van der Waals surface area contributed by atoms with Crippen LogP contribution in [0, 0.1) is 29.3 Å². The number of hydrogen-bond acceptors (Lipinski definition) is 8. The molecule has 2 aromatic carbocycles. The summed E-state index contributed by atoms with van der Waals surface area (Å²) < 4.78 is 85.6. The van der Waals surface area contributed by atoms with Crippen molar-refractivity contribution in [3.8, 4) is 0 Å². The molecule has 4 aliphatic rings. The van der Waals surface area contributed by atoms with Gasteiger partial charge in [-0.05, 0) is 76.0 Å². The second kappa shape index (κ2) is 11.6. The highest BCUT2D eigenvalue weighted by atomic mass is 35.5. The Morgan fingerprint density at radius 2 is 1.69 bits per heavy atom. The average Bonchev–Trinajstić information content (AvgIpc) is 3.51. The van der Waals surface area contributed by atoms with Crippen LogP contribution in [-0.4, -0.2) is 66.8 Å². The van der Waals surface area contributed by atoms with E-state index in [-0.39, 0.29) is 77.2 Å². The number of carbonyl (C=O) groups excluding carboxylic acids is 2. The van der Waals surface area contributed by atoms with Crippen molar-refractivity contribution in [2.45, 2.75) is 92.2 Å². The quantitative estimate of drug-likeness (QED) is 0.377. The molecule has 9 nitrogen and oxygen atoms in total. The van der Waals surface area contributed by atoms with Gasteiger partial charge in [0, 0.05) is 29.8 Å². The molecule has 4 unspecified atom stereocenters.